The Morgan fingerprint density at radius 2 is 1.95 bits per heavy atom. The van der Waals surface area contributed by atoms with E-state index in [-0.39, 0.29) is 24.9 Å². The van der Waals surface area contributed by atoms with Gasteiger partial charge in [0.15, 0.2) is 0 Å². The molecule has 3 amide bonds. The fourth-order valence-electron chi connectivity index (χ4n) is 2.05. The molecule has 1 fully saturated rings. The molecule has 2 rings (SSSR count). The van der Waals surface area contributed by atoms with Crippen LogP contribution in [0.5, 0.6) is 0 Å². The number of nitrogens with zero attached hydrogens (tertiary/aromatic N) is 1. The molecule has 1 atom stereocenters. The van der Waals surface area contributed by atoms with E-state index in [9.17, 15) is 14.0 Å². The maximum Gasteiger partial charge on any atom is 0.325 e. The second kappa shape index (κ2) is 4.97. The summed E-state index contributed by atoms with van der Waals surface area (Å²) in [7, 11) is 1.47. The highest BCUT2D eigenvalue weighted by Gasteiger charge is 2.47. The standard InChI is InChI=1S/C13H15FN2O3/c1-13(8-19-2)11(17)16(12(18)15-13)7-9-3-5-10(14)6-4-9/h3-6H,7-8H2,1-2H3,(H,15,18)/t13-/m1/s1. The van der Waals surface area contributed by atoms with Crippen molar-refractivity contribution in [3.8, 4) is 0 Å². The molecule has 0 aromatic heterocycles. The van der Waals surface area contributed by atoms with Crippen LogP contribution in [0.2, 0.25) is 0 Å². The number of ether oxygens (including phenoxy) is 1. The van der Waals surface area contributed by atoms with Gasteiger partial charge in [0.1, 0.15) is 11.4 Å². The molecule has 1 heterocycles. The van der Waals surface area contributed by atoms with Crippen LogP contribution in [0.1, 0.15) is 12.5 Å². The highest BCUT2D eigenvalue weighted by Crippen LogP contribution is 2.20. The minimum atomic E-state index is -1.04. The first-order valence-corrected chi connectivity index (χ1v) is 5.84. The highest BCUT2D eigenvalue weighted by molar-refractivity contribution is 6.06. The van der Waals surface area contributed by atoms with Gasteiger partial charge in [-0.25, -0.2) is 9.18 Å². The summed E-state index contributed by atoms with van der Waals surface area (Å²) in [5.41, 5.74) is -0.349. The Morgan fingerprint density at radius 3 is 2.53 bits per heavy atom. The fraction of sp³-hybridized carbons (Fsp3) is 0.385. The van der Waals surface area contributed by atoms with Crippen LogP contribution in [-0.2, 0) is 16.1 Å². The normalized spacial score (nSPS) is 22.8. The van der Waals surface area contributed by atoms with E-state index < -0.39 is 11.6 Å². The summed E-state index contributed by atoms with van der Waals surface area (Å²) < 4.78 is 17.8. The van der Waals surface area contributed by atoms with Crippen LogP contribution in [0, 0.1) is 5.82 Å². The van der Waals surface area contributed by atoms with Crippen LogP contribution in [0.4, 0.5) is 9.18 Å². The second-order valence-electron chi connectivity index (χ2n) is 4.71. The molecule has 19 heavy (non-hydrogen) atoms. The number of nitrogens with one attached hydrogen (secondary N) is 1. The zero-order valence-electron chi connectivity index (χ0n) is 10.8. The predicted octanol–water partition coefficient (Wildman–Crippen LogP) is 1.28. The lowest BCUT2D eigenvalue weighted by Gasteiger charge is -2.20. The third kappa shape index (κ3) is 2.58. The van der Waals surface area contributed by atoms with E-state index in [0.29, 0.717) is 5.56 Å². The molecule has 1 aliphatic heterocycles. The molecule has 1 aromatic rings. The Labute approximate surface area is 110 Å². The predicted molar refractivity (Wildman–Crippen MR) is 65.8 cm³/mol. The highest BCUT2D eigenvalue weighted by atomic mass is 19.1. The molecule has 0 unspecified atom stereocenters. The Balaban J connectivity index is 2.15. The Hall–Kier alpha value is -1.95. The monoisotopic (exact) mass is 266 g/mol. The van der Waals surface area contributed by atoms with Crippen molar-refractivity contribution in [3.63, 3.8) is 0 Å². The quantitative estimate of drug-likeness (QED) is 0.835. The number of amides is 3. The minimum absolute atomic E-state index is 0.109. The SMILES string of the molecule is COC[C@@]1(C)NC(=O)N(Cc2ccc(F)cc2)C1=O. The van der Waals surface area contributed by atoms with Gasteiger partial charge in [0.25, 0.3) is 5.91 Å². The summed E-state index contributed by atoms with van der Waals surface area (Å²) >= 11 is 0. The molecule has 0 bridgehead atoms. The van der Waals surface area contributed by atoms with Gasteiger partial charge in [-0.3, -0.25) is 9.69 Å². The smallest absolute Gasteiger partial charge is 0.325 e. The molecule has 102 valence electrons. The van der Waals surface area contributed by atoms with Gasteiger partial charge < -0.3 is 10.1 Å². The van der Waals surface area contributed by atoms with Crippen molar-refractivity contribution in [2.75, 3.05) is 13.7 Å². The number of benzene rings is 1. The Kier molecular flexibility index (Phi) is 3.53. The van der Waals surface area contributed by atoms with E-state index in [0.717, 1.165) is 4.90 Å². The molecule has 6 heteroatoms. The van der Waals surface area contributed by atoms with Gasteiger partial charge >= 0.3 is 6.03 Å². The topological polar surface area (TPSA) is 58.6 Å². The largest absolute Gasteiger partial charge is 0.382 e. The minimum Gasteiger partial charge on any atom is -0.382 e. The van der Waals surface area contributed by atoms with Gasteiger partial charge in [-0.05, 0) is 24.6 Å². The van der Waals surface area contributed by atoms with Crippen molar-refractivity contribution in [2.24, 2.45) is 0 Å². The lowest BCUT2D eigenvalue weighted by atomic mass is 10.0. The number of carbonyl (C=O) groups is 2. The van der Waals surface area contributed by atoms with Crippen molar-refractivity contribution in [2.45, 2.75) is 19.0 Å². The average molecular weight is 266 g/mol. The molecule has 1 aliphatic rings. The molecule has 0 spiro atoms. The van der Waals surface area contributed by atoms with Crippen LogP contribution in [0.15, 0.2) is 24.3 Å². The molecule has 5 nitrogen and oxygen atoms in total. The first-order chi connectivity index (χ1) is 8.96. The van der Waals surface area contributed by atoms with Crippen molar-refractivity contribution < 1.29 is 18.7 Å². The van der Waals surface area contributed by atoms with Crippen molar-refractivity contribution in [3.05, 3.63) is 35.6 Å². The van der Waals surface area contributed by atoms with Crippen molar-refractivity contribution >= 4 is 11.9 Å². The number of imide groups is 1. The average Bonchev–Trinajstić information content (AvgIpc) is 2.56. The van der Waals surface area contributed by atoms with Gasteiger partial charge in [-0.15, -0.1) is 0 Å². The zero-order chi connectivity index (χ0) is 14.0. The van der Waals surface area contributed by atoms with Crippen LogP contribution < -0.4 is 5.32 Å². The first kappa shape index (κ1) is 13.5. The summed E-state index contributed by atoms with van der Waals surface area (Å²) in [6.45, 7) is 1.84. The molecule has 0 radical (unpaired) electrons. The Bertz CT molecular complexity index is 503. The zero-order valence-corrected chi connectivity index (χ0v) is 10.8. The third-order valence-corrected chi connectivity index (χ3v) is 3.03. The van der Waals surface area contributed by atoms with Crippen molar-refractivity contribution in [1.29, 1.82) is 0 Å². The van der Waals surface area contributed by atoms with Crippen molar-refractivity contribution in [1.82, 2.24) is 10.2 Å². The van der Waals surface area contributed by atoms with Gasteiger partial charge in [0, 0.05) is 7.11 Å². The summed E-state index contributed by atoms with van der Waals surface area (Å²) in [6, 6.07) is 5.21. The van der Waals surface area contributed by atoms with Crippen LogP contribution in [0.3, 0.4) is 0 Å². The maximum absolute atomic E-state index is 12.8. The molecular weight excluding hydrogens is 251 g/mol. The molecule has 1 N–H and O–H groups in total. The Morgan fingerprint density at radius 1 is 1.32 bits per heavy atom. The summed E-state index contributed by atoms with van der Waals surface area (Å²) in [4.78, 5) is 25.1. The first-order valence-electron chi connectivity index (χ1n) is 5.84. The van der Waals surface area contributed by atoms with Gasteiger partial charge in [0.2, 0.25) is 0 Å². The second-order valence-corrected chi connectivity index (χ2v) is 4.71. The van der Waals surface area contributed by atoms with Crippen LogP contribution >= 0.6 is 0 Å². The van der Waals surface area contributed by atoms with E-state index in [1.54, 1.807) is 19.1 Å². The van der Waals surface area contributed by atoms with Gasteiger partial charge in [-0.1, -0.05) is 12.1 Å². The number of hydrogen-bond acceptors (Lipinski definition) is 3. The summed E-state index contributed by atoms with van der Waals surface area (Å²) in [5.74, 6) is -0.700. The number of halogens is 1. The summed E-state index contributed by atoms with van der Waals surface area (Å²) in [6.07, 6.45) is 0. The van der Waals surface area contributed by atoms with E-state index in [2.05, 4.69) is 5.32 Å². The van der Waals surface area contributed by atoms with Crippen LogP contribution in [0.25, 0.3) is 0 Å². The molecular formula is C13H15FN2O3. The number of carbonyl (C=O) groups excluding carboxylic acids is 2. The third-order valence-electron chi connectivity index (χ3n) is 3.03. The van der Waals surface area contributed by atoms with Crippen LogP contribution in [-0.4, -0.2) is 36.1 Å². The maximum atomic E-state index is 12.8. The van der Waals surface area contributed by atoms with E-state index >= 15 is 0 Å². The molecule has 0 aliphatic carbocycles. The molecule has 0 saturated carbocycles. The number of hydrogen-bond donors (Lipinski definition) is 1. The lowest BCUT2D eigenvalue weighted by molar-refractivity contribution is -0.132. The van der Waals surface area contributed by atoms with E-state index in [1.165, 1.54) is 19.2 Å². The number of methoxy groups -OCH3 is 1. The van der Waals surface area contributed by atoms with Gasteiger partial charge in [0.05, 0.1) is 13.2 Å². The number of urea groups is 1. The number of rotatable bonds is 4. The molecule has 1 aromatic carbocycles. The fourth-order valence-corrected chi connectivity index (χ4v) is 2.05. The molecule has 1 saturated heterocycles. The summed E-state index contributed by atoms with van der Waals surface area (Å²) in [5, 5.41) is 2.60. The lowest BCUT2D eigenvalue weighted by Crippen LogP contribution is -2.47. The van der Waals surface area contributed by atoms with Gasteiger partial charge in [-0.2, -0.15) is 0 Å². The van der Waals surface area contributed by atoms with E-state index in [1.807, 2.05) is 0 Å². The van der Waals surface area contributed by atoms with E-state index in [4.69, 9.17) is 4.74 Å².